The van der Waals surface area contributed by atoms with Crippen molar-refractivity contribution in [3.05, 3.63) is 95.6 Å². The molecule has 2 heterocycles. The fraction of sp³-hybridized carbons (Fsp3) is 0.214. The van der Waals surface area contributed by atoms with E-state index in [1.54, 1.807) is 35.2 Å². The largest absolute Gasteiger partial charge is 0.418 e. The molecular weight excluding hydrogens is 508 g/mol. The minimum Gasteiger partial charge on any atom is -0.368 e. The number of carbonyl (C=O) groups excluding carboxylic acids is 1. The van der Waals surface area contributed by atoms with Gasteiger partial charge in [0.05, 0.1) is 27.9 Å². The lowest BCUT2D eigenvalue weighted by Gasteiger charge is -2.36. The molecule has 0 saturated carbocycles. The van der Waals surface area contributed by atoms with Gasteiger partial charge in [0, 0.05) is 42.8 Å². The average Bonchev–Trinajstić information content (AvgIpc) is 2.91. The number of anilines is 1. The van der Waals surface area contributed by atoms with Crippen LogP contribution in [0.3, 0.4) is 0 Å². The summed E-state index contributed by atoms with van der Waals surface area (Å²) in [5.41, 5.74) is -0.424. The second-order valence-electron chi connectivity index (χ2n) is 8.94. The molecule has 4 aromatic rings. The SMILES string of the molecule is O=C(c1cc(-c2ccccc2)nc2c(C(F)(F)F)cccc12)N1CCN(c2ccc(C(F)(F)F)cc2)CC1. The Hall–Kier alpha value is -4.08. The third-order valence-electron chi connectivity index (χ3n) is 6.57. The first-order chi connectivity index (χ1) is 18.0. The van der Waals surface area contributed by atoms with E-state index in [9.17, 15) is 31.1 Å². The Morgan fingerprint density at radius 2 is 1.39 bits per heavy atom. The number of fused-ring (bicyclic) bond motifs is 1. The molecule has 3 aromatic carbocycles. The maximum Gasteiger partial charge on any atom is 0.418 e. The number of piperazine rings is 1. The molecule has 1 aliphatic heterocycles. The van der Waals surface area contributed by atoms with Gasteiger partial charge in [0.25, 0.3) is 5.91 Å². The summed E-state index contributed by atoms with van der Waals surface area (Å²) in [6, 6.07) is 18.6. The molecule has 1 aromatic heterocycles. The number of para-hydroxylation sites is 1. The van der Waals surface area contributed by atoms with Crippen LogP contribution in [0.2, 0.25) is 0 Å². The topological polar surface area (TPSA) is 36.4 Å². The molecule has 0 unspecified atom stereocenters. The molecule has 1 aliphatic rings. The highest BCUT2D eigenvalue weighted by atomic mass is 19.4. The van der Waals surface area contributed by atoms with Crippen LogP contribution in [-0.4, -0.2) is 42.0 Å². The maximum absolute atomic E-state index is 13.8. The number of halogens is 6. The molecule has 0 bridgehead atoms. The molecule has 38 heavy (non-hydrogen) atoms. The number of carbonyl (C=O) groups is 1. The van der Waals surface area contributed by atoms with Gasteiger partial charge in [-0.05, 0) is 36.4 Å². The summed E-state index contributed by atoms with van der Waals surface area (Å²) in [5, 5.41) is 0.106. The number of hydrogen-bond acceptors (Lipinski definition) is 3. The predicted octanol–water partition coefficient (Wildman–Crippen LogP) is 6.90. The minimum absolute atomic E-state index is 0.106. The third kappa shape index (κ3) is 5.03. The van der Waals surface area contributed by atoms with Gasteiger partial charge in [-0.3, -0.25) is 4.79 Å². The van der Waals surface area contributed by atoms with Gasteiger partial charge < -0.3 is 9.80 Å². The van der Waals surface area contributed by atoms with E-state index in [0.717, 1.165) is 18.2 Å². The summed E-state index contributed by atoms with van der Waals surface area (Å²) in [6.07, 6.45) is -9.09. The molecule has 5 rings (SSSR count). The molecule has 1 amide bonds. The number of nitrogens with zero attached hydrogens (tertiary/aromatic N) is 3. The second-order valence-corrected chi connectivity index (χ2v) is 8.94. The van der Waals surface area contributed by atoms with Crippen molar-refractivity contribution in [2.75, 3.05) is 31.1 Å². The Morgan fingerprint density at radius 1 is 0.737 bits per heavy atom. The average molecular weight is 529 g/mol. The van der Waals surface area contributed by atoms with Gasteiger partial charge in [0.2, 0.25) is 0 Å². The first kappa shape index (κ1) is 25.6. The van der Waals surface area contributed by atoms with E-state index in [4.69, 9.17) is 0 Å². The number of alkyl halides is 6. The quantitative estimate of drug-likeness (QED) is 0.271. The van der Waals surface area contributed by atoms with Crippen molar-refractivity contribution in [2.45, 2.75) is 12.4 Å². The highest BCUT2D eigenvalue weighted by Crippen LogP contribution is 2.37. The fourth-order valence-corrected chi connectivity index (χ4v) is 4.61. The molecule has 1 saturated heterocycles. The Bertz CT molecular complexity index is 1460. The first-order valence-electron chi connectivity index (χ1n) is 11.8. The molecule has 0 atom stereocenters. The van der Waals surface area contributed by atoms with Gasteiger partial charge in [-0.25, -0.2) is 4.98 Å². The van der Waals surface area contributed by atoms with Crippen LogP contribution in [0.25, 0.3) is 22.2 Å². The van der Waals surface area contributed by atoms with Crippen molar-refractivity contribution in [3.63, 3.8) is 0 Å². The molecule has 0 radical (unpaired) electrons. The molecule has 0 N–H and O–H groups in total. The summed E-state index contributed by atoms with van der Waals surface area (Å²) in [4.78, 5) is 21.3. The highest BCUT2D eigenvalue weighted by molar-refractivity contribution is 6.08. The zero-order valence-corrected chi connectivity index (χ0v) is 19.9. The van der Waals surface area contributed by atoms with Crippen molar-refractivity contribution in [1.82, 2.24) is 9.88 Å². The van der Waals surface area contributed by atoms with Crippen molar-refractivity contribution in [1.29, 1.82) is 0 Å². The van der Waals surface area contributed by atoms with Crippen LogP contribution in [0.5, 0.6) is 0 Å². The summed E-state index contributed by atoms with van der Waals surface area (Å²) in [5.74, 6) is -0.430. The number of benzene rings is 3. The van der Waals surface area contributed by atoms with E-state index < -0.39 is 29.4 Å². The molecule has 196 valence electrons. The number of pyridine rings is 1. The standard InChI is InChI=1S/C28H21F6N3O/c29-27(30,31)19-9-11-20(12-10-19)36-13-15-37(16-14-36)26(38)22-17-24(18-5-2-1-3-6-18)35-25-21(22)7-4-8-23(25)28(32,33)34/h1-12,17H,13-16H2. The van der Waals surface area contributed by atoms with Gasteiger partial charge in [-0.2, -0.15) is 26.3 Å². The van der Waals surface area contributed by atoms with Gasteiger partial charge in [0.15, 0.2) is 0 Å². The lowest BCUT2D eigenvalue weighted by Crippen LogP contribution is -2.48. The van der Waals surface area contributed by atoms with Crippen molar-refractivity contribution in [2.24, 2.45) is 0 Å². The molecule has 4 nitrogen and oxygen atoms in total. The lowest BCUT2D eigenvalue weighted by atomic mass is 10.00. The smallest absolute Gasteiger partial charge is 0.368 e. The van der Waals surface area contributed by atoms with Crippen LogP contribution >= 0.6 is 0 Å². The monoisotopic (exact) mass is 529 g/mol. The number of amides is 1. The Morgan fingerprint density at radius 3 is 2.00 bits per heavy atom. The summed E-state index contributed by atoms with van der Waals surface area (Å²) in [6.45, 7) is 1.23. The van der Waals surface area contributed by atoms with E-state index in [2.05, 4.69) is 4.98 Å². The van der Waals surface area contributed by atoms with Crippen LogP contribution < -0.4 is 4.90 Å². The van der Waals surface area contributed by atoms with Crippen molar-refractivity contribution in [3.8, 4) is 11.3 Å². The normalized spacial score (nSPS) is 14.7. The van der Waals surface area contributed by atoms with E-state index in [0.29, 0.717) is 24.3 Å². The van der Waals surface area contributed by atoms with Crippen LogP contribution in [0.15, 0.2) is 78.9 Å². The van der Waals surface area contributed by atoms with Crippen LogP contribution in [0, 0.1) is 0 Å². The number of aromatic nitrogens is 1. The summed E-state index contributed by atoms with van der Waals surface area (Å²) >= 11 is 0. The van der Waals surface area contributed by atoms with Crippen LogP contribution in [0.4, 0.5) is 32.0 Å². The van der Waals surface area contributed by atoms with Crippen LogP contribution in [-0.2, 0) is 12.4 Å². The first-order valence-corrected chi connectivity index (χ1v) is 11.8. The van der Waals surface area contributed by atoms with E-state index in [1.807, 2.05) is 4.90 Å². The number of rotatable bonds is 3. The zero-order valence-electron chi connectivity index (χ0n) is 19.9. The zero-order chi connectivity index (χ0) is 27.1. The Kier molecular flexibility index (Phi) is 6.50. The minimum atomic E-state index is -4.66. The molecule has 0 aliphatic carbocycles. The molecule has 1 fully saturated rings. The Balaban J connectivity index is 1.45. The van der Waals surface area contributed by atoms with E-state index in [1.165, 1.54) is 30.3 Å². The lowest BCUT2D eigenvalue weighted by molar-refractivity contribution is -0.138. The predicted molar refractivity (Wildman–Crippen MR) is 132 cm³/mol. The fourth-order valence-electron chi connectivity index (χ4n) is 4.61. The highest BCUT2D eigenvalue weighted by Gasteiger charge is 2.35. The van der Waals surface area contributed by atoms with Crippen molar-refractivity contribution < 1.29 is 31.1 Å². The second kappa shape index (κ2) is 9.66. The molecular formula is C28H21F6N3O. The maximum atomic E-state index is 13.8. The van der Waals surface area contributed by atoms with Gasteiger partial charge in [-0.15, -0.1) is 0 Å². The van der Waals surface area contributed by atoms with Gasteiger partial charge >= 0.3 is 12.4 Å². The molecule has 0 spiro atoms. The van der Waals surface area contributed by atoms with Gasteiger partial charge in [-0.1, -0.05) is 42.5 Å². The van der Waals surface area contributed by atoms with Crippen molar-refractivity contribution >= 4 is 22.5 Å². The Labute approximate surface area is 214 Å². The summed E-state index contributed by atoms with van der Waals surface area (Å²) in [7, 11) is 0. The molecule has 10 heteroatoms. The van der Waals surface area contributed by atoms with E-state index >= 15 is 0 Å². The number of hydrogen-bond donors (Lipinski definition) is 0. The van der Waals surface area contributed by atoms with Crippen LogP contribution in [0.1, 0.15) is 21.5 Å². The van der Waals surface area contributed by atoms with Gasteiger partial charge in [0.1, 0.15) is 0 Å². The summed E-state index contributed by atoms with van der Waals surface area (Å²) < 4.78 is 80.1. The third-order valence-corrected chi connectivity index (χ3v) is 6.57. The van der Waals surface area contributed by atoms with E-state index in [-0.39, 0.29) is 35.2 Å².